The van der Waals surface area contributed by atoms with Crippen molar-refractivity contribution in [2.75, 3.05) is 19.7 Å². The van der Waals surface area contributed by atoms with E-state index in [0.29, 0.717) is 6.04 Å². The zero-order valence-corrected chi connectivity index (χ0v) is 9.81. The van der Waals surface area contributed by atoms with E-state index in [2.05, 4.69) is 29.2 Å². The molecule has 1 fully saturated rings. The van der Waals surface area contributed by atoms with Crippen LogP contribution in [0.4, 0.5) is 0 Å². The molecule has 0 aliphatic carbocycles. The van der Waals surface area contributed by atoms with Crippen LogP contribution in [0.5, 0.6) is 0 Å². The summed E-state index contributed by atoms with van der Waals surface area (Å²) < 4.78 is 0. The van der Waals surface area contributed by atoms with Crippen LogP contribution in [-0.2, 0) is 6.42 Å². The van der Waals surface area contributed by atoms with Crippen LogP contribution in [0.3, 0.4) is 0 Å². The van der Waals surface area contributed by atoms with Crippen molar-refractivity contribution >= 4 is 0 Å². The van der Waals surface area contributed by atoms with E-state index in [-0.39, 0.29) is 6.61 Å². The van der Waals surface area contributed by atoms with Gasteiger partial charge in [0, 0.05) is 6.04 Å². The van der Waals surface area contributed by atoms with Crippen LogP contribution in [0.25, 0.3) is 0 Å². The van der Waals surface area contributed by atoms with Gasteiger partial charge >= 0.3 is 0 Å². The molecule has 2 rings (SSSR count). The molecule has 0 radical (unpaired) electrons. The molecular formula is C14H21NO. The smallest absolute Gasteiger partial charge is 0.0590 e. The summed E-state index contributed by atoms with van der Waals surface area (Å²) in [7, 11) is 0. The van der Waals surface area contributed by atoms with Crippen LogP contribution < -0.4 is 0 Å². The number of likely N-dealkylation sites (tertiary alicyclic amines) is 1. The van der Waals surface area contributed by atoms with Gasteiger partial charge in [0.25, 0.3) is 0 Å². The van der Waals surface area contributed by atoms with Gasteiger partial charge < -0.3 is 5.11 Å². The van der Waals surface area contributed by atoms with Crippen molar-refractivity contribution in [3.8, 4) is 0 Å². The first-order valence-corrected chi connectivity index (χ1v) is 6.29. The van der Waals surface area contributed by atoms with Crippen molar-refractivity contribution in [3.63, 3.8) is 0 Å². The predicted octanol–water partition coefficient (Wildman–Crippen LogP) is 2.08. The highest BCUT2D eigenvalue weighted by molar-refractivity contribution is 5.16. The summed E-state index contributed by atoms with van der Waals surface area (Å²) in [6.45, 7) is 2.57. The lowest BCUT2D eigenvalue weighted by Gasteiger charge is -2.33. The number of rotatable bonds is 4. The first-order valence-electron chi connectivity index (χ1n) is 6.29. The molecule has 1 aliphatic heterocycles. The largest absolute Gasteiger partial charge is 0.395 e. The van der Waals surface area contributed by atoms with Crippen LogP contribution in [0.2, 0.25) is 0 Å². The Morgan fingerprint density at radius 3 is 2.38 bits per heavy atom. The lowest BCUT2D eigenvalue weighted by atomic mass is 10.0. The number of piperidine rings is 1. The first-order chi connectivity index (χ1) is 7.90. The predicted molar refractivity (Wildman–Crippen MR) is 66.4 cm³/mol. The van der Waals surface area contributed by atoms with Gasteiger partial charge in [-0.05, 0) is 37.9 Å². The van der Waals surface area contributed by atoms with Gasteiger partial charge in [-0.2, -0.15) is 0 Å². The molecule has 1 unspecified atom stereocenters. The average molecular weight is 219 g/mol. The molecule has 1 aliphatic rings. The summed E-state index contributed by atoms with van der Waals surface area (Å²) in [5.74, 6) is 0. The second-order valence-corrected chi connectivity index (χ2v) is 4.62. The van der Waals surface area contributed by atoms with Gasteiger partial charge in [-0.1, -0.05) is 36.8 Å². The standard InChI is InChI=1S/C14H21NO/c16-12-14(15-9-5-2-6-10-15)11-13-7-3-1-4-8-13/h1,3-4,7-8,14,16H,2,5-6,9-12H2. The average Bonchev–Trinajstić information content (AvgIpc) is 2.38. The maximum Gasteiger partial charge on any atom is 0.0590 e. The topological polar surface area (TPSA) is 23.5 Å². The highest BCUT2D eigenvalue weighted by Crippen LogP contribution is 2.15. The molecule has 0 aromatic heterocycles. The molecular weight excluding hydrogens is 198 g/mol. The van der Waals surface area contributed by atoms with Gasteiger partial charge in [0.05, 0.1) is 6.61 Å². The highest BCUT2D eigenvalue weighted by Gasteiger charge is 2.19. The second-order valence-electron chi connectivity index (χ2n) is 4.62. The van der Waals surface area contributed by atoms with Gasteiger partial charge in [-0.3, -0.25) is 4.90 Å². The number of benzene rings is 1. The van der Waals surface area contributed by atoms with Crippen molar-refractivity contribution in [1.82, 2.24) is 4.90 Å². The van der Waals surface area contributed by atoms with E-state index in [0.717, 1.165) is 19.5 Å². The number of hydrogen-bond donors (Lipinski definition) is 1. The van der Waals surface area contributed by atoms with Crippen molar-refractivity contribution < 1.29 is 5.11 Å². The Bertz CT molecular complexity index is 293. The summed E-state index contributed by atoms with van der Waals surface area (Å²) >= 11 is 0. The third kappa shape index (κ3) is 3.06. The molecule has 88 valence electrons. The van der Waals surface area contributed by atoms with E-state index in [4.69, 9.17) is 0 Å². The summed E-state index contributed by atoms with van der Waals surface area (Å²) in [6, 6.07) is 10.8. The lowest BCUT2D eigenvalue weighted by molar-refractivity contribution is 0.104. The Balaban J connectivity index is 1.94. The molecule has 1 aromatic carbocycles. The molecule has 2 nitrogen and oxygen atoms in total. The molecule has 1 atom stereocenters. The van der Waals surface area contributed by atoms with Crippen molar-refractivity contribution in [1.29, 1.82) is 0 Å². The van der Waals surface area contributed by atoms with Crippen LogP contribution in [0, 0.1) is 0 Å². The fraction of sp³-hybridized carbons (Fsp3) is 0.571. The Morgan fingerprint density at radius 2 is 1.75 bits per heavy atom. The fourth-order valence-corrected chi connectivity index (χ4v) is 2.48. The van der Waals surface area contributed by atoms with Gasteiger partial charge in [0.15, 0.2) is 0 Å². The molecule has 0 spiro atoms. The SMILES string of the molecule is OCC(Cc1ccccc1)N1CCCCC1. The monoisotopic (exact) mass is 219 g/mol. The second kappa shape index (κ2) is 6.02. The van der Waals surface area contributed by atoms with Gasteiger partial charge in [-0.15, -0.1) is 0 Å². The maximum atomic E-state index is 9.50. The minimum Gasteiger partial charge on any atom is -0.395 e. The van der Waals surface area contributed by atoms with Gasteiger partial charge in [0.2, 0.25) is 0 Å². The minimum atomic E-state index is 0.273. The van der Waals surface area contributed by atoms with E-state index in [1.54, 1.807) is 0 Å². The van der Waals surface area contributed by atoms with Crippen molar-refractivity contribution in [2.45, 2.75) is 31.7 Å². The van der Waals surface area contributed by atoms with Gasteiger partial charge in [0.1, 0.15) is 0 Å². The lowest BCUT2D eigenvalue weighted by Crippen LogP contribution is -2.42. The molecule has 1 N–H and O–H groups in total. The fourth-order valence-electron chi connectivity index (χ4n) is 2.48. The van der Waals surface area contributed by atoms with E-state index >= 15 is 0 Å². The van der Waals surface area contributed by atoms with Crippen LogP contribution in [0.1, 0.15) is 24.8 Å². The van der Waals surface area contributed by atoms with Crippen LogP contribution in [-0.4, -0.2) is 35.7 Å². The summed E-state index contributed by atoms with van der Waals surface area (Å²) in [5, 5.41) is 9.50. The quantitative estimate of drug-likeness (QED) is 0.838. The summed E-state index contributed by atoms with van der Waals surface area (Å²) in [4.78, 5) is 2.44. The Kier molecular flexibility index (Phi) is 4.37. The molecule has 1 saturated heterocycles. The van der Waals surface area contributed by atoms with E-state index in [1.165, 1.54) is 24.8 Å². The number of hydrogen-bond acceptors (Lipinski definition) is 2. The third-order valence-electron chi connectivity index (χ3n) is 3.43. The molecule has 0 bridgehead atoms. The first kappa shape index (κ1) is 11.6. The zero-order valence-electron chi connectivity index (χ0n) is 9.81. The summed E-state index contributed by atoms with van der Waals surface area (Å²) in [5.41, 5.74) is 1.33. The van der Waals surface area contributed by atoms with E-state index in [1.807, 2.05) is 6.07 Å². The molecule has 0 amide bonds. The summed E-state index contributed by atoms with van der Waals surface area (Å²) in [6.07, 6.45) is 4.88. The van der Waals surface area contributed by atoms with Crippen molar-refractivity contribution in [2.24, 2.45) is 0 Å². The van der Waals surface area contributed by atoms with E-state index < -0.39 is 0 Å². The third-order valence-corrected chi connectivity index (χ3v) is 3.43. The normalized spacial score (nSPS) is 19.6. The Labute approximate surface area is 97.9 Å². The number of aliphatic hydroxyl groups excluding tert-OH is 1. The molecule has 2 heteroatoms. The molecule has 16 heavy (non-hydrogen) atoms. The van der Waals surface area contributed by atoms with Crippen LogP contribution in [0.15, 0.2) is 30.3 Å². The Morgan fingerprint density at radius 1 is 1.06 bits per heavy atom. The maximum absolute atomic E-state index is 9.50. The van der Waals surface area contributed by atoms with Crippen molar-refractivity contribution in [3.05, 3.63) is 35.9 Å². The van der Waals surface area contributed by atoms with Gasteiger partial charge in [-0.25, -0.2) is 0 Å². The minimum absolute atomic E-state index is 0.273. The van der Waals surface area contributed by atoms with Crippen LogP contribution >= 0.6 is 0 Å². The van der Waals surface area contributed by atoms with E-state index in [9.17, 15) is 5.11 Å². The number of aliphatic hydroxyl groups is 1. The zero-order chi connectivity index (χ0) is 11.2. The molecule has 0 saturated carbocycles. The Hall–Kier alpha value is -0.860. The number of nitrogens with zero attached hydrogens (tertiary/aromatic N) is 1. The molecule has 1 heterocycles. The highest BCUT2D eigenvalue weighted by atomic mass is 16.3. The molecule has 1 aromatic rings.